The summed E-state index contributed by atoms with van der Waals surface area (Å²) >= 11 is 1.39. The van der Waals surface area contributed by atoms with Crippen LogP contribution in [0.5, 0.6) is 0 Å². The minimum atomic E-state index is -1.27. The Kier molecular flexibility index (Phi) is 7.42. The Hall–Kier alpha value is -4.51. The fraction of sp³-hybridized carbons (Fsp3) is 0.250. The van der Waals surface area contributed by atoms with Crippen LogP contribution in [0.4, 0.5) is 16.8 Å². The summed E-state index contributed by atoms with van der Waals surface area (Å²) in [4.78, 5) is 44.6. The molecule has 1 atom stereocenters. The van der Waals surface area contributed by atoms with Gasteiger partial charge in [-0.05, 0) is 49.3 Å². The van der Waals surface area contributed by atoms with Crippen molar-refractivity contribution >= 4 is 39.9 Å². The van der Waals surface area contributed by atoms with Crippen LogP contribution < -0.4 is 15.5 Å². The number of thiazole rings is 1. The summed E-state index contributed by atoms with van der Waals surface area (Å²) in [6.07, 6.45) is 8.92. The van der Waals surface area contributed by atoms with E-state index in [0.717, 1.165) is 11.6 Å². The van der Waals surface area contributed by atoms with Crippen LogP contribution in [0.2, 0.25) is 0 Å². The molecule has 1 fully saturated rings. The van der Waals surface area contributed by atoms with Gasteiger partial charge in [-0.25, -0.2) is 19.7 Å². The van der Waals surface area contributed by atoms with Crippen LogP contribution in [0.15, 0.2) is 95.2 Å². The highest BCUT2D eigenvalue weighted by Crippen LogP contribution is 2.34. The number of nitrogens with zero attached hydrogens (tertiary/aromatic N) is 6. The van der Waals surface area contributed by atoms with Gasteiger partial charge in [0, 0.05) is 48.8 Å². The molecule has 11 heteroatoms. The molecule has 2 aliphatic rings. The van der Waals surface area contributed by atoms with E-state index in [1.54, 1.807) is 36.5 Å². The Balaban J connectivity index is 1.41. The van der Waals surface area contributed by atoms with Crippen LogP contribution in [0.3, 0.4) is 0 Å². The number of carboxylic acid groups (broad SMARTS) is 1. The van der Waals surface area contributed by atoms with Crippen LogP contribution >= 0.6 is 11.3 Å². The molecule has 39 heavy (non-hydrogen) atoms. The average Bonchev–Trinajstić information content (AvgIpc) is 3.45. The van der Waals surface area contributed by atoms with Crippen molar-refractivity contribution in [2.45, 2.75) is 32.4 Å². The predicted molar refractivity (Wildman–Crippen MR) is 150 cm³/mol. The lowest BCUT2D eigenvalue weighted by molar-refractivity contribution is -0.134. The number of Topliss-reactive ketones (excluding diaryl/α,β-unsaturated/α-hetero) is 1. The molecule has 1 unspecified atom stereocenters. The maximum absolute atomic E-state index is 13.3. The van der Waals surface area contributed by atoms with Crippen LogP contribution in [-0.4, -0.2) is 61.9 Å². The smallest absolute Gasteiger partial charge is 0.341 e. The van der Waals surface area contributed by atoms with Crippen molar-refractivity contribution in [3.8, 4) is 0 Å². The first-order valence-electron chi connectivity index (χ1n) is 12.6. The topological polar surface area (TPSA) is 129 Å². The third-order valence-corrected chi connectivity index (χ3v) is 7.64. The number of rotatable bonds is 8. The number of nitrogens with two attached hydrogens (primary N) is 1. The molecule has 0 aliphatic carbocycles. The van der Waals surface area contributed by atoms with Gasteiger partial charge in [-0.15, -0.1) is 11.3 Å². The fourth-order valence-corrected chi connectivity index (χ4v) is 5.62. The fourth-order valence-electron chi connectivity index (χ4n) is 4.95. The molecule has 3 aromatic heterocycles. The lowest BCUT2D eigenvalue weighted by Gasteiger charge is -2.46. The summed E-state index contributed by atoms with van der Waals surface area (Å²) in [5.74, 6) is 0.342. The number of likely N-dealkylation sites (tertiary alicyclic amines) is 1. The Morgan fingerprint density at radius 3 is 2.31 bits per heavy atom. The largest absolute Gasteiger partial charge is 0.477 e. The van der Waals surface area contributed by atoms with E-state index in [0.29, 0.717) is 41.6 Å². The maximum atomic E-state index is 13.3. The molecule has 200 valence electrons. The highest BCUT2D eigenvalue weighted by atomic mass is 32.1. The first-order chi connectivity index (χ1) is 18.9. The Morgan fingerprint density at radius 2 is 1.79 bits per heavy atom. The van der Waals surface area contributed by atoms with Gasteiger partial charge in [-0.3, -0.25) is 4.79 Å². The minimum Gasteiger partial charge on any atom is -0.477 e. The number of aromatic nitrogens is 3. The number of pyridine rings is 2. The van der Waals surface area contributed by atoms with Gasteiger partial charge in [0.2, 0.25) is 0 Å². The number of aliphatic carboxylic acids is 1. The zero-order valence-electron chi connectivity index (χ0n) is 21.6. The second-order valence-electron chi connectivity index (χ2n) is 9.29. The molecule has 0 spiro atoms. The van der Waals surface area contributed by atoms with E-state index < -0.39 is 11.8 Å². The molecule has 3 N–H and O–H groups in total. The number of anilines is 3. The van der Waals surface area contributed by atoms with Crippen LogP contribution in [0, 0.1) is 0 Å². The molecule has 0 radical (unpaired) electrons. The van der Waals surface area contributed by atoms with Gasteiger partial charge in [0.1, 0.15) is 17.2 Å². The van der Waals surface area contributed by atoms with Crippen molar-refractivity contribution in [1.29, 1.82) is 0 Å². The molecule has 5 heterocycles. The second kappa shape index (κ2) is 11.1. The second-order valence-corrected chi connectivity index (χ2v) is 10.2. The van der Waals surface area contributed by atoms with E-state index in [1.807, 2.05) is 53.6 Å². The summed E-state index contributed by atoms with van der Waals surface area (Å²) in [6, 6.07) is 11.3. The van der Waals surface area contributed by atoms with Crippen LogP contribution in [-0.2, 0) is 9.59 Å². The SMILES string of the molecule is CCC1/C(=C(C)\C=C(/N)N2CC(N(c3ccccn3)c3ccccn3)C2)C(=O)C(C(=O)O)=CN1c1nccs1. The lowest BCUT2D eigenvalue weighted by atomic mass is 9.87. The molecule has 1 saturated heterocycles. The molecule has 10 nitrogen and oxygen atoms in total. The standard InChI is InChI=1S/C28H29N7O3S/c1-3-21-25(26(36)20(27(37)38)17-34(21)28-32-12-13-39-28)18(2)14-22(29)33-15-19(16-33)35(23-8-4-6-10-30-23)24-9-5-7-11-31-24/h4-14,17,19,21H,3,15-16,29H2,1-2H3,(H,37,38)/b22-14+,25-18+. The van der Waals surface area contributed by atoms with Crippen molar-refractivity contribution in [2.24, 2.45) is 5.73 Å². The number of hydrogen-bond acceptors (Lipinski definition) is 10. The van der Waals surface area contributed by atoms with Gasteiger partial charge in [0.25, 0.3) is 0 Å². The first kappa shape index (κ1) is 26.1. The highest BCUT2D eigenvalue weighted by Gasteiger charge is 2.38. The Labute approximate surface area is 230 Å². The maximum Gasteiger partial charge on any atom is 0.341 e. The van der Waals surface area contributed by atoms with Gasteiger partial charge >= 0.3 is 5.97 Å². The molecular formula is C28H29N7O3S. The van der Waals surface area contributed by atoms with Crippen molar-refractivity contribution < 1.29 is 14.7 Å². The van der Waals surface area contributed by atoms with Gasteiger partial charge in [-0.2, -0.15) is 0 Å². The summed E-state index contributed by atoms with van der Waals surface area (Å²) in [5, 5.41) is 12.2. The summed E-state index contributed by atoms with van der Waals surface area (Å²) in [7, 11) is 0. The van der Waals surface area contributed by atoms with E-state index in [2.05, 4.69) is 19.9 Å². The number of carboxylic acids is 1. The Morgan fingerprint density at radius 1 is 1.13 bits per heavy atom. The van der Waals surface area contributed by atoms with Crippen molar-refractivity contribution in [1.82, 2.24) is 19.9 Å². The Bertz CT molecular complexity index is 1390. The molecule has 5 rings (SSSR count). The third-order valence-electron chi connectivity index (χ3n) is 6.86. The molecule has 0 saturated carbocycles. The minimum absolute atomic E-state index is 0.0938. The number of ketones is 1. The van der Waals surface area contributed by atoms with E-state index >= 15 is 0 Å². The number of carbonyl (C=O) groups is 2. The highest BCUT2D eigenvalue weighted by molar-refractivity contribution is 7.13. The quantitative estimate of drug-likeness (QED) is 0.320. The van der Waals surface area contributed by atoms with Crippen LogP contribution in [0.1, 0.15) is 20.3 Å². The van der Waals surface area contributed by atoms with E-state index in [9.17, 15) is 14.7 Å². The lowest BCUT2D eigenvalue weighted by Crippen LogP contribution is -2.59. The normalized spacial score (nSPS) is 19.4. The predicted octanol–water partition coefficient (Wildman–Crippen LogP) is 3.71. The van der Waals surface area contributed by atoms with Gasteiger partial charge in [0.05, 0.1) is 17.9 Å². The molecule has 0 amide bonds. The van der Waals surface area contributed by atoms with Crippen molar-refractivity contribution in [2.75, 3.05) is 22.9 Å². The molecule has 3 aromatic rings. The van der Waals surface area contributed by atoms with Crippen molar-refractivity contribution in [3.05, 3.63) is 95.2 Å². The van der Waals surface area contributed by atoms with Crippen molar-refractivity contribution in [3.63, 3.8) is 0 Å². The third kappa shape index (κ3) is 5.13. The first-order valence-corrected chi connectivity index (χ1v) is 13.5. The van der Waals surface area contributed by atoms with Gasteiger partial charge in [-0.1, -0.05) is 19.1 Å². The monoisotopic (exact) mass is 543 g/mol. The van der Waals surface area contributed by atoms with Gasteiger partial charge in [0.15, 0.2) is 10.9 Å². The zero-order valence-corrected chi connectivity index (χ0v) is 22.5. The van der Waals surface area contributed by atoms with Crippen LogP contribution in [0.25, 0.3) is 0 Å². The van der Waals surface area contributed by atoms with E-state index in [4.69, 9.17) is 5.73 Å². The average molecular weight is 544 g/mol. The van der Waals surface area contributed by atoms with Gasteiger partial charge < -0.3 is 25.5 Å². The molecule has 0 bridgehead atoms. The summed E-state index contributed by atoms with van der Waals surface area (Å²) in [5.41, 5.74) is 7.27. The number of carbonyl (C=O) groups excluding carboxylic acids is 1. The molecule has 0 aromatic carbocycles. The van der Waals surface area contributed by atoms with E-state index in [-0.39, 0.29) is 17.7 Å². The molecule has 2 aliphatic heterocycles. The van der Waals surface area contributed by atoms with E-state index in [1.165, 1.54) is 17.5 Å². The summed E-state index contributed by atoms with van der Waals surface area (Å²) in [6.45, 7) is 5.03. The molecular weight excluding hydrogens is 514 g/mol. The zero-order chi connectivity index (χ0) is 27.5. The number of hydrogen-bond donors (Lipinski definition) is 2. The summed E-state index contributed by atoms with van der Waals surface area (Å²) < 4.78 is 0. The number of allylic oxidation sites excluding steroid dienone is 2.